The second kappa shape index (κ2) is 8.23. The number of rotatable bonds is 6. The Morgan fingerprint density at radius 1 is 1.09 bits per heavy atom. The molecule has 0 saturated heterocycles. The van der Waals surface area contributed by atoms with E-state index in [0.717, 1.165) is 28.0 Å². The average molecular weight is 341 g/mol. The van der Waals surface area contributed by atoms with Gasteiger partial charge in [0.15, 0.2) is 0 Å². The quantitative estimate of drug-likeness (QED) is 0.741. The topological polar surface area (TPSA) is 76.6 Å². The Kier molecular flexibility index (Phi) is 6.04. The zero-order valence-corrected chi connectivity index (χ0v) is 14.5. The summed E-state index contributed by atoms with van der Waals surface area (Å²) in [5, 5.41) is 20.2. The molecule has 0 amide bonds. The van der Waals surface area contributed by atoms with Crippen LogP contribution in [0.15, 0.2) is 18.0 Å². The van der Waals surface area contributed by atoms with Crippen molar-refractivity contribution in [1.82, 2.24) is 9.97 Å². The van der Waals surface area contributed by atoms with Crippen LogP contribution in [-0.2, 0) is 0 Å². The van der Waals surface area contributed by atoms with E-state index in [1.165, 1.54) is 17.4 Å². The summed E-state index contributed by atoms with van der Waals surface area (Å²) < 4.78 is 0. The van der Waals surface area contributed by atoms with Crippen molar-refractivity contribution in [3.8, 4) is 12.1 Å². The number of hydrogen-bond acceptors (Lipinski definition) is 7. The Morgan fingerprint density at radius 3 is 2.43 bits per heavy atom. The number of hydrogen-bond donors (Lipinski definition) is 0. The first kappa shape index (κ1) is 16.9. The van der Waals surface area contributed by atoms with Gasteiger partial charge in [-0.05, 0) is 26.0 Å². The SMILES string of the molecule is CCN(CC)c1cnc(/C=C/c2cnc(C=C(C#N)C#N)s2)s1. The van der Waals surface area contributed by atoms with Crippen molar-refractivity contribution in [2.24, 2.45) is 0 Å². The van der Waals surface area contributed by atoms with E-state index in [4.69, 9.17) is 10.5 Å². The monoisotopic (exact) mass is 341 g/mol. The third kappa shape index (κ3) is 4.49. The van der Waals surface area contributed by atoms with Gasteiger partial charge < -0.3 is 4.90 Å². The van der Waals surface area contributed by atoms with Crippen LogP contribution in [0.25, 0.3) is 18.2 Å². The van der Waals surface area contributed by atoms with Crippen molar-refractivity contribution in [1.29, 1.82) is 10.5 Å². The molecule has 0 spiro atoms. The number of nitriles is 2. The summed E-state index contributed by atoms with van der Waals surface area (Å²) in [5.74, 6) is 0. The van der Waals surface area contributed by atoms with Gasteiger partial charge in [-0.3, -0.25) is 0 Å². The molecular weight excluding hydrogens is 326 g/mol. The van der Waals surface area contributed by atoms with E-state index >= 15 is 0 Å². The van der Waals surface area contributed by atoms with Gasteiger partial charge in [-0.15, -0.1) is 11.3 Å². The van der Waals surface area contributed by atoms with Crippen molar-refractivity contribution < 1.29 is 0 Å². The fourth-order valence-corrected chi connectivity index (χ4v) is 3.56. The third-order valence-electron chi connectivity index (χ3n) is 3.03. The van der Waals surface area contributed by atoms with Gasteiger partial charge in [-0.25, -0.2) is 9.97 Å². The van der Waals surface area contributed by atoms with Crippen LogP contribution in [0.4, 0.5) is 5.00 Å². The van der Waals surface area contributed by atoms with Crippen molar-refractivity contribution in [2.75, 3.05) is 18.0 Å². The summed E-state index contributed by atoms with van der Waals surface area (Å²) in [6, 6.07) is 3.65. The van der Waals surface area contributed by atoms with Gasteiger partial charge in [0, 0.05) is 30.2 Å². The van der Waals surface area contributed by atoms with Gasteiger partial charge in [0.25, 0.3) is 0 Å². The lowest BCUT2D eigenvalue weighted by Crippen LogP contribution is -2.20. The van der Waals surface area contributed by atoms with Crippen LogP contribution in [0.5, 0.6) is 0 Å². The van der Waals surface area contributed by atoms with Crippen molar-refractivity contribution >= 4 is 45.9 Å². The summed E-state index contributed by atoms with van der Waals surface area (Å²) in [7, 11) is 0. The lowest BCUT2D eigenvalue weighted by atomic mass is 10.3. The Hall–Kier alpha value is -2.48. The highest BCUT2D eigenvalue weighted by Gasteiger charge is 2.05. The molecule has 0 aliphatic rings. The van der Waals surface area contributed by atoms with Gasteiger partial charge in [0.2, 0.25) is 0 Å². The van der Waals surface area contributed by atoms with Crippen molar-refractivity contribution in [2.45, 2.75) is 13.8 Å². The largest absolute Gasteiger partial charge is 0.363 e. The van der Waals surface area contributed by atoms with Crippen LogP contribution >= 0.6 is 22.7 Å². The molecule has 0 unspecified atom stereocenters. The highest BCUT2D eigenvalue weighted by molar-refractivity contribution is 7.16. The zero-order chi connectivity index (χ0) is 16.7. The minimum Gasteiger partial charge on any atom is -0.363 e. The second-order valence-electron chi connectivity index (χ2n) is 4.42. The van der Waals surface area contributed by atoms with E-state index in [1.54, 1.807) is 17.5 Å². The molecule has 0 N–H and O–H groups in total. The molecule has 0 saturated carbocycles. The molecule has 7 heteroatoms. The van der Waals surface area contributed by atoms with Crippen molar-refractivity contribution in [3.05, 3.63) is 32.9 Å². The normalized spacial score (nSPS) is 10.3. The summed E-state index contributed by atoms with van der Waals surface area (Å²) in [6.45, 7) is 6.18. The molecule has 0 bridgehead atoms. The summed E-state index contributed by atoms with van der Waals surface area (Å²) in [4.78, 5) is 11.8. The maximum atomic E-state index is 8.75. The van der Waals surface area contributed by atoms with E-state index in [-0.39, 0.29) is 5.57 Å². The van der Waals surface area contributed by atoms with E-state index in [9.17, 15) is 0 Å². The van der Waals surface area contributed by atoms with Crippen LogP contribution in [0, 0.1) is 22.7 Å². The maximum absolute atomic E-state index is 8.75. The number of thiazole rings is 2. The molecule has 5 nitrogen and oxygen atoms in total. The van der Waals surface area contributed by atoms with Crippen LogP contribution in [0.3, 0.4) is 0 Å². The molecule has 2 heterocycles. The molecule has 116 valence electrons. The molecule has 2 aromatic rings. The van der Waals surface area contributed by atoms with Gasteiger partial charge in [0.05, 0.1) is 6.20 Å². The lowest BCUT2D eigenvalue weighted by Gasteiger charge is -2.17. The predicted molar refractivity (Wildman–Crippen MR) is 95.9 cm³/mol. The summed E-state index contributed by atoms with van der Waals surface area (Å²) in [5.41, 5.74) is 0.0543. The fraction of sp³-hybridized carbons (Fsp3) is 0.250. The van der Waals surface area contributed by atoms with Crippen LogP contribution < -0.4 is 4.90 Å². The number of nitrogens with zero attached hydrogens (tertiary/aromatic N) is 5. The van der Waals surface area contributed by atoms with Crippen LogP contribution in [-0.4, -0.2) is 23.1 Å². The molecule has 23 heavy (non-hydrogen) atoms. The van der Waals surface area contributed by atoms with Gasteiger partial charge in [-0.1, -0.05) is 11.3 Å². The van der Waals surface area contributed by atoms with Crippen LogP contribution in [0.1, 0.15) is 28.7 Å². The summed E-state index contributed by atoms with van der Waals surface area (Å²) >= 11 is 3.07. The average Bonchev–Trinajstić information content (AvgIpc) is 3.21. The first-order valence-corrected chi connectivity index (χ1v) is 8.70. The highest BCUT2D eigenvalue weighted by Crippen LogP contribution is 2.25. The minimum absolute atomic E-state index is 0.0543. The molecule has 0 fully saturated rings. The van der Waals surface area contributed by atoms with Crippen molar-refractivity contribution in [3.63, 3.8) is 0 Å². The Morgan fingerprint density at radius 2 is 1.78 bits per heavy atom. The Balaban J connectivity index is 2.10. The van der Waals surface area contributed by atoms with Gasteiger partial charge >= 0.3 is 0 Å². The molecule has 0 aliphatic heterocycles. The Labute approximate surface area is 143 Å². The van der Waals surface area contributed by atoms with Gasteiger partial charge in [-0.2, -0.15) is 10.5 Å². The fourth-order valence-electron chi connectivity index (χ4n) is 1.85. The molecule has 2 aromatic heterocycles. The number of allylic oxidation sites excluding steroid dienone is 1. The highest BCUT2D eigenvalue weighted by atomic mass is 32.1. The van der Waals surface area contributed by atoms with E-state index < -0.39 is 0 Å². The van der Waals surface area contributed by atoms with E-state index in [2.05, 4.69) is 28.7 Å². The van der Waals surface area contributed by atoms with E-state index in [0.29, 0.717) is 5.01 Å². The lowest BCUT2D eigenvalue weighted by molar-refractivity contribution is 0.874. The van der Waals surface area contributed by atoms with Gasteiger partial charge in [0.1, 0.15) is 32.7 Å². The third-order valence-corrected chi connectivity index (χ3v) is 4.96. The summed E-state index contributed by atoms with van der Waals surface area (Å²) in [6.07, 6.45) is 9.00. The standard InChI is InChI=1S/C16H15N5S2/c1-3-21(4-2)16-11-20-14(23-16)6-5-13-10-19-15(22-13)7-12(8-17)9-18/h5-7,10-11H,3-4H2,1-2H3/b6-5+. The Bertz CT molecular complexity index is 781. The molecule has 0 aliphatic carbocycles. The van der Waals surface area contributed by atoms with Crippen LogP contribution in [0.2, 0.25) is 0 Å². The predicted octanol–water partition coefficient (Wildman–Crippen LogP) is 4.05. The second-order valence-corrected chi connectivity index (χ2v) is 6.56. The minimum atomic E-state index is 0.0543. The maximum Gasteiger partial charge on any atom is 0.132 e. The molecule has 0 aromatic carbocycles. The van der Waals surface area contributed by atoms with E-state index in [1.807, 2.05) is 30.5 Å². The number of anilines is 1. The molecule has 0 atom stereocenters. The smallest absolute Gasteiger partial charge is 0.132 e. The first-order chi connectivity index (χ1) is 11.2. The number of aromatic nitrogens is 2. The molecule has 0 radical (unpaired) electrons. The molecular formula is C16H15N5S2. The first-order valence-electron chi connectivity index (χ1n) is 7.06. The molecule has 2 rings (SSSR count). The zero-order valence-electron chi connectivity index (χ0n) is 12.9.